The first-order valence-electron chi connectivity index (χ1n) is 7.72. The van der Waals surface area contributed by atoms with E-state index in [4.69, 9.17) is 0 Å². The minimum absolute atomic E-state index is 0. The van der Waals surface area contributed by atoms with Crippen LogP contribution >= 0.6 is 0 Å². The van der Waals surface area contributed by atoms with Gasteiger partial charge in [-0.2, -0.15) is 6.08 Å². The van der Waals surface area contributed by atoms with Crippen LogP contribution in [0.25, 0.3) is 0 Å². The SMILES string of the molecule is CC(C)CC1=[C-]CC=C1.CC(C)[O-].CC(C)[O-].CC(C)[O-].[Zr+4]. The summed E-state index contributed by atoms with van der Waals surface area (Å²) in [6.45, 7) is 14.1. The van der Waals surface area contributed by atoms with Gasteiger partial charge in [0.2, 0.25) is 0 Å². The third-order valence-corrected chi connectivity index (χ3v) is 1.39. The second-order valence-electron chi connectivity index (χ2n) is 6.05. The van der Waals surface area contributed by atoms with Crippen molar-refractivity contribution in [3.63, 3.8) is 0 Å². The standard InChI is InChI=1S/C9H13.3C3H7O.Zr/c1-8(2)7-9-5-3-4-6-9;3*1-3(2)4;/h3,5,8H,4,7H2,1-2H3;3*3H,1-2H3;/q4*-1;+4. The summed E-state index contributed by atoms with van der Waals surface area (Å²) in [6.07, 6.45) is 8.61. The molecule has 0 aromatic heterocycles. The molecule has 4 heteroatoms. The second kappa shape index (κ2) is 21.2. The van der Waals surface area contributed by atoms with E-state index in [1.807, 2.05) is 0 Å². The van der Waals surface area contributed by atoms with Gasteiger partial charge in [-0.05, 0) is 5.92 Å². The Kier molecular flexibility index (Phi) is 29.1. The summed E-state index contributed by atoms with van der Waals surface area (Å²) in [5.41, 5.74) is 1.39. The molecule has 0 aromatic carbocycles. The third-order valence-electron chi connectivity index (χ3n) is 1.39. The summed E-state index contributed by atoms with van der Waals surface area (Å²) >= 11 is 0. The maximum atomic E-state index is 9.53. The normalized spacial score (nSPS) is 11.9. The smallest absolute Gasteiger partial charge is 0.852 e. The minimum Gasteiger partial charge on any atom is -0.852 e. The van der Waals surface area contributed by atoms with Gasteiger partial charge in [-0.1, -0.05) is 61.8 Å². The van der Waals surface area contributed by atoms with Crippen LogP contribution in [-0.4, -0.2) is 18.3 Å². The first kappa shape index (κ1) is 30.2. The first-order valence-corrected chi connectivity index (χ1v) is 7.72. The van der Waals surface area contributed by atoms with E-state index in [-0.39, 0.29) is 26.2 Å². The molecule has 1 aliphatic carbocycles. The van der Waals surface area contributed by atoms with Gasteiger partial charge in [-0.15, -0.1) is 24.7 Å². The maximum absolute atomic E-state index is 9.53. The zero-order chi connectivity index (χ0) is 17.4. The predicted octanol–water partition coefficient (Wildman–Crippen LogP) is 1.98. The van der Waals surface area contributed by atoms with Crippen molar-refractivity contribution in [3.05, 3.63) is 23.8 Å². The molecular weight excluding hydrogens is 355 g/mol. The van der Waals surface area contributed by atoms with E-state index in [0.29, 0.717) is 0 Å². The van der Waals surface area contributed by atoms with E-state index in [1.54, 1.807) is 41.5 Å². The van der Waals surface area contributed by atoms with Crippen LogP contribution in [0.4, 0.5) is 0 Å². The van der Waals surface area contributed by atoms with E-state index in [2.05, 4.69) is 32.1 Å². The molecule has 0 amide bonds. The Balaban J connectivity index is -0.000000107. The monoisotopic (exact) mass is 388 g/mol. The molecule has 0 saturated heterocycles. The van der Waals surface area contributed by atoms with Gasteiger partial charge in [0.1, 0.15) is 0 Å². The fourth-order valence-corrected chi connectivity index (χ4v) is 1.03. The van der Waals surface area contributed by atoms with Crippen molar-refractivity contribution < 1.29 is 41.5 Å². The molecule has 0 aromatic rings. The van der Waals surface area contributed by atoms with Crippen LogP contribution in [-0.2, 0) is 26.2 Å². The summed E-state index contributed by atoms with van der Waals surface area (Å²) in [5, 5.41) is 28.6. The average Bonchev–Trinajstić information content (AvgIpc) is 2.65. The van der Waals surface area contributed by atoms with Gasteiger partial charge in [-0.3, -0.25) is 6.08 Å². The van der Waals surface area contributed by atoms with Gasteiger partial charge < -0.3 is 15.3 Å². The predicted molar refractivity (Wildman–Crippen MR) is 85.4 cm³/mol. The summed E-state index contributed by atoms with van der Waals surface area (Å²) < 4.78 is 0. The zero-order valence-corrected chi connectivity index (χ0v) is 18.1. The molecule has 0 saturated carbocycles. The van der Waals surface area contributed by atoms with E-state index >= 15 is 0 Å². The van der Waals surface area contributed by atoms with Gasteiger partial charge in [0.25, 0.3) is 0 Å². The van der Waals surface area contributed by atoms with Crippen LogP contribution in [0, 0.1) is 12.0 Å². The van der Waals surface area contributed by atoms with E-state index in [0.717, 1.165) is 12.3 Å². The molecule has 0 bridgehead atoms. The van der Waals surface area contributed by atoms with E-state index < -0.39 is 18.3 Å². The topological polar surface area (TPSA) is 69.2 Å². The molecule has 128 valence electrons. The number of rotatable bonds is 2. The molecule has 0 N–H and O–H groups in total. The van der Waals surface area contributed by atoms with Gasteiger partial charge >= 0.3 is 26.2 Å². The molecule has 0 fully saturated rings. The molecule has 0 radical (unpaired) electrons. The van der Waals surface area contributed by atoms with Gasteiger partial charge in [0.15, 0.2) is 0 Å². The molecule has 0 spiro atoms. The summed E-state index contributed by atoms with van der Waals surface area (Å²) in [4.78, 5) is 0. The van der Waals surface area contributed by atoms with Gasteiger partial charge in [0.05, 0.1) is 0 Å². The molecule has 0 unspecified atom stereocenters. The number of allylic oxidation sites excluding steroid dienone is 4. The van der Waals surface area contributed by atoms with E-state index in [9.17, 15) is 15.3 Å². The Morgan fingerprint density at radius 2 is 1.18 bits per heavy atom. The Hall–Kier alpha value is 0.243. The van der Waals surface area contributed by atoms with Crippen LogP contribution < -0.4 is 15.3 Å². The first-order chi connectivity index (χ1) is 9.48. The maximum Gasteiger partial charge on any atom is 4.00 e. The molecule has 3 nitrogen and oxygen atoms in total. The van der Waals surface area contributed by atoms with Crippen LogP contribution in [0.2, 0.25) is 0 Å². The van der Waals surface area contributed by atoms with Crippen molar-refractivity contribution in [2.24, 2.45) is 5.92 Å². The van der Waals surface area contributed by atoms with Crippen molar-refractivity contribution in [3.8, 4) is 0 Å². The van der Waals surface area contributed by atoms with Crippen LogP contribution in [0.1, 0.15) is 68.2 Å². The van der Waals surface area contributed by atoms with Crippen molar-refractivity contribution in [1.82, 2.24) is 0 Å². The summed E-state index contributed by atoms with van der Waals surface area (Å²) in [5.74, 6) is 0.773. The van der Waals surface area contributed by atoms with Gasteiger partial charge in [-0.25, -0.2) is 11.6 Å². The average molecular weight is 390 g/mol. The molecule has 0 aliphatic heterocycles. The summed E-state index contributed by atoms with van der Waals surface area (Å²) in [7, 11) is 0. The Labute approximate surface area is 157 Å². The van der Waals surface area contributed by atoms with Crippen molar-refractivity contribution in [2.75, 3.05) is 0 Å². The quantitative estimate of drug-likeness (QED) is 0.678. The summed E-state index contributed by atoms with van der Waals surface area (Å²) in [6, 6.07) is 0. The molecule has 22 heavy (non-hydrogen) atoms. The molecule has 0 heterocycles. The fourth-order valence-electron chi connectivity index (χ4n) is 1.03. The number of hydrogen-bond acceptors (Lipinski definition) is 3. The minimum atomic E-state index is -0.417. The largest absolute Gasteiger partial charge is 4.00 e. The molecule has 0 atom stereocenters. The fraction of sp³-hybridized carbons (Fsp3) is 0.778. The molecular formula is C18H34O3Zr. The third kappa shape index (κ3) is 59.3. The second-order valence-corrected chi connectivity index (χ2v) is 6.05. The zero-order valence-electron chi connectivity index (χ0n) is 15.6. The van der Waals surface area contributed by atoms with E-state index in [1.165, 1.54) is 12.0 Å². The molecule has 1 aliphatic rings. The van der Waals surface area contributed by atoms with Crippen LogP contribution in [0.15, 0.2) is 17.7 Å². The van der Waals surface area contributed by atoms with Crippen molar-refractivity contribution >= 4 is 0 Å². The van der Waals surface area contributed by atoms with Crippen molar-refractivity contribution in [2.45, 2.75) is 86.5 Å². The Bertz CT molecular complexity index is 235. The number of hydrogen-bond donors (Lipinski definition) is 0. The van der Waals surface area contributed by atoms with Crippen LogP contribution in [0.3, 0.4) is 0 Å². The van der Waals surface area contributed by atoms with Crippen LogP contribution in [0.5, 0.6) is 0 Å². The van der Waals surface area contributed by atoms with Crippen molar-refractivity contribution in [1.29, 1.82) is 0 Å². The molecule has 1 rings (SSSR count). The Morgan fingerprint density at radius 3 is 1.36 bits per heavy atom. The van der Waals surface area contributed by atoms with Gasteiger partial charge in [0, 0.05) is 0 Å². The Morgan fingerprint density at radius 1 is 0.864 bits per heavy atom.